The van der Waals surface area contributed by atoms with Crippen LogP contribution in [-0.2, 0) is 20.8 Å². The van der Waals surface area contributed by atoms with Gasteiger partial charge in [-0.15, -0.1) is 0 Å². The van der Waals surface area contributed by atoms with Crippen LogP contribution in [0.25, 0.3) is 0 Å². The minimum atomic E-state index is -1.12. The molecule has 6 heteroatoms. The Hall–Kier alpha value is -1.02. The van der Waals surface area contributed by atoms with E-state index < -0.39 is 30.7 Å². The van der Waals surface area contributed by atoms with E-state index in [1.54, 1.807) is 0 Å². The van der Waals surface area contributed by atoms with Crippen molar-refractivity contribution in [1.82, 2.24) is 0 Å². The zero-order valence-electron chi connectivity index (χ0n) is 11.3. The third-order valence-corrected chi connectivity index (χ3v) is 3.34. The fraction of sp³-hybridized carbons (Fsp3) is 0.571. The summed E-state index contributed by atoms with van der Waals surface area (Å²) in [6.07, 6.45) is -4.90. The summed E-state index contributed by atoms with van der Waals surface area (Å²) >= 11 is 0. The van der Waals surface area contributed by atoms with Crippen LogP contribution in [0.2, 0.25) is 0 Å². The van der Waals surface area contributed by atoms with Gasteiger partial charge in [-0.1, -0.05) is 30.3 Å². The molecule has 5 atom stereocenters. The van der Waals surface area contributed by atoms with Crippen molar-refractivity contribution >= 4 is 0 Å². The second kappa shape index (κ2) is 7.12. The van der Waals surface area contributed by atoms with Gasteiger partial charge in [0.25, 0.3) is 0 Å². The maximum absolute atomic E-state index is 10.1. The van der Waals surface area contributed by atoms with Crippen LogP contribution in [0.3, 0.4) is 0 Å². The van der Waals surface area contributed by atoms with E-state index in [4.69, 9.17) is 14.2 Å². The number of ether oxygens (including phenoxy) is 3. The Kier molecular flexibility index (Phi) is 5.47. The molecule has 20 heavy (non-hydrogen) atoms. The molecule has 3 N–H and O–H groups in total. The lowest BCUT2D eigenvalue weighted by Crippen LogP contribution is -2.59. The van der Waals surface area contributed by atoms with E-state index in [9.17, 15) is 15.3 Å². The minimum absolute atomic E-state index is 0.244. The highest BCUT2D eigenvalue weighted by molar-refractivity contribution is 5.13. The summed E-state index contributed by atoms with van der Waals surface area (Å²) in [7, 11) is 1.38. The van der Waals surface area contributed by atoms with Crippen molar-refractivity contribution in [3.05, 3.63) is 35.9 Å². The van der Waals surface area contributed by atoms with Gasteiger partial charge in [0.2, 0.25) is 0 Å². The van der Waals surface area contributed by atoms with Crippen LogP contribution in [0.5, 0.6) is 0 Å². The predicted molar refractivity (Wildman–Crippen MR) is 69.8 cm³/mol. The van der Waals surface area contributed by atoms with Gasteiger partial charge in [0, 0.05) is 7.11 Å². The lowest BCUT2D eigenvalue weighted by atomic mass is 9.99. The van der Waals surface area contributed by atoms with Crippen LogP contribution in [0, 0.1) is 0 Å². The molecule has 0 saturated carbocycles. The van der Waals surface area contributed by atoms with Crippen molar-refractivity contribution in [2.24, 2.45) is 0 Å². The fourth-order valence-corrected chi connectivity index (χ4v) is 2.21. The number of hydrogen-bond donors (Lipinski definition) is 3. The number of aliphatic hydroxyl groups excluding tert-OH is 3. The zero-order chi connectivity index (χ0) is 14.5. The van der Waals surface area contributed by atoms with Crippen molar-refractivity contribution in [2.45, 2.75) is 37.3 Å². The molecule has 0 radical (unpaired) electrons. The molecule has 112 valence electrons. The van der Waals surface area contributed by atoms with Gasteiger partial charge in [-0.05, 0) is 5.56 Å². The van der Waals surface area contributed by atoms with Gasteiger partial charge >= 0.3 is 0 Å². The van der Waals surface area contributed by atoms with Crippen LogP contribution >= 0.6 is 0 Å². The summed E-state index contributed by atoms with van der Waals surface area (Å²) in [6.45, 7) is -0.132. The van der Waals surface area contributed by atoms with Gasteiger partial charge in [-0.25, -0.2) is 0 Å². The van der Waals surface area contributed by atoms with Crippen LogP contribution in [0.15, 0.2) is 30.3 Å². The first-order valence-electron chi connectivity index (χ1n) is 6.48. The Morgan fingerprint density at radius 3 is 2.45 bits per heavy atom. The van der Waals surface area contributed by atoms with E-state index in [-0.39, 0.29) is 13.2 Å². The molecule has 0 amide bonds. The highest BCUT2D eigenvalue weighted by atomic mass is 16.7. The van der Waals surface area contributed by atoms with Crippen LogP contribution in [0.4, 0.5) is 0 Å². The fourth-order valence-electron chi connectivity index (χ4n) is 2.21. The lowest BCUT2D eigenvalue weighted by molar-refractivity contribution is -0.303. The third kappa shape index (κ3) is 3.35. The molecule has 0 spiro atoms. The summed E-state index contributed by atoms with van der Waals surface area (Å²) < 4.78 is 15.8. The first-order chi connectivity index (χ1) is 9.67. The zero-order valence-corrected chi connectivity index (χ0v) is 11.3. The van der Waals surface area contributed by atoms with Crippen LogP contribution in [0.1, 0.15) is 5.56 Å². The summed E-state index contributed by atoms with van der Waals surface area (Å²) in [5.41, 5.74) is 0.924. The molecule has 1 aliphatic heterocycles. The highest BCUT2D eigenvalue weighted by Gasteiger charge is 2.45. The molecule has 1 fully saturated rings. The topological polar surface area (TPSA) is 88.4 Å². The minimum Gasteiger partial charge on any atom is -0.394 e. The quantitative estimate of drug-likeness (QED) is 0.685. The number of rotatable bonds is 5. The molecule has 0 bridgehead atoms. The lowest BCUT2D eigenvalue weighted by Gasteiger charge is -2.41. The van der Waals surface area contributed by atoms with Crippen molar-refractivity contribution < 1.29 is 29.5 Å². The maximum Gasteiger partial charge on any atom is 0.186 e. The second-order valence-electron chi connectivity index (χ2n) is 4.70. The molecule has 1 aromatic carbocycles. The third-order valence-electron chi connectivity index (χ3n) is 3.34. The number of methoxy groups -OCH3 is 1. The first kappa shape index (κ1) is 15.4. The Morgan fingerprint density at radius 1 is 1.15 bits per heavy atom. The Labute approximate surface area is 117 Å². The van der Waals surface area contributed by atoms with E-state index in [0.29, 0.717) is 0 Å². The molecule has 1 aliphatic rings. The molecule has 1 saturated heterocycles. The average molecular weight is 284 g/mol. The largest absolute Gasteiger partial charge is 0.394 e. The predicted octanol–water partition coefficient (Wildman–Crippen LogP) is -0.343. The number of aliphatic hydroxyl groups is 3. The van der Waals surface area contributed by atoms with Crippen molar-refractivity contribution in [3.8, 4) is 0 Å². The van der Waals surface area contributed by atoms with E-state index >= 15 is 0 Å². The maximum atomic E-state index is 10.1. The van der Waals surface area contributed by atoms with Crippen LogP contribution < -0.4 is 0 Å². The molecular formula is C14H20O6. The van der Waals surface area contributed by atoms with Crippen molar-refractivity contribution in [3.63, 3.8) is 0 Å². The summed E-state index contributed by atoms with van der Waals surface area (Å²) in [4.78, 5) is 0. The van der Waals surface area contributed by atoms with Gasteiger partial charge in [0.1, 0.15) is 24.4 Å². The normalized spacial score (nSPS) is 34.1. The standard InChI is InChI=1S/C14H20O6/c1-18-14-12(17)13(11(16)10(7-15)20-14)19-8-9-5-3-2-4-6-9/h2-6,10-17H,7-8H2,1H3/t10-,11-,12+,13-,14+/m1/s1. The molecule has 6 nitrogen and oxygen atoms in total. The van der Waals surface area contributed by atoms with Gasteiger partial charge in [0.15, 0.2) is 6.29 Å². The summed E-state index contributed by atoms with van der Waals surface area (Å²) in [6, 6.07) is 9.42. The second-order valence-corrected chi connectivity index (χ2v) is 4.70. The molecular weight excluding hydrogens is 264 g/mol. The van der Waals surface area contributed by atoms with E-state index in [2.05, 4.69) is 0 Å². The molecule has 1 aromatic rings. The molecule has 1 heterocycles. The van der Waals surface area contributed by atoms with Gasteiger partial charge in [-0.3, -0.25) is 0 Å². The van der Waals surface area contributed by atoms with E-state index in [0.717, 1.165) is 5.56 Å². The summed E-state index contributed by atoms with van der Waals surface area (Å²) in [5.74, 6) is 0. The smallest absolute Gasteiger partial charge is 0.186 e. The average Bonchev–Trinajstić information content (AvgIpc) is 2.48. The molecule has 0 aromatic heterocycles. The van der Waals surface area contributed by atoms with E-state index in [1.165, 1.54) is 7.11 Å². The van der Waals surface area contributed by atoms with Gasteiger partial charge < -0.3 is 29.5 Å². The van der Waals surface area contributed by atoms with Gasteiger partial charge in [0.05, 0.1) is 13.2 Å². The highest BCUT2D eigenvalue weighted by Crippen LogP contribution is 2.24. The molecule has 0 aliphatic carbocycles. The van der Waals surface area contributed by atoms with E-state index in [1.807, 2.05) is 30.3 Å². The number of hydrogen-bond acceptors (Lipinski definition) is 6. The molecule has 2 rings (SSSR count). The first-order valence-corrected chi connectivity index (χ1v) is 6.48. The Bertz CT molecular complexity index is 382. The van der Waals surface area contributed by atoms with Crippen molar-refractivity contribution in [1.29, 1.82) is 0 Å². The van der Waals surface area contributed by atoms with Crippen molar-refractivity contribution in [2.75, 3.05) is 13.7 Å². The van der Waals surface area contributed by atoms with Crippen LogP contribution in [-0.4, -0.2) is 59.7 Å². The Morgan fingerprint density at radius 2 is 1.85 bits per heavy atom. The number of benzene rings is 1. The SMILES string of the molecule is CO[C@H]1O[C@H](CO)[C@@H](O)[C@@H](OCc2ccccc2)[C@@H]1O. The monoisotopic (exact) mass is 284 g/mol. The van der Waals surface area contributed by atoms with Gasteiger partial charge in [-0.2, -0.15) is 0 Å². The Balaban J connectivity index is 2.02. The molecule has 0 unspecified atom stereocenters. The summed E-state index contributed by atoms with van der Waals surface area (Å²) in [5, 5.41) is 29.3.